The summed E-state index contributed by atoms with van der Waals surface area (Å²) in [6.07, 6.45) is 4.88. The number of carbonyl (C=O) groups is 2. The van der Waals surface area contributed by atoms with Gasteiger partial charge >= 0.3 is 5.97 Å². The molecule has 0 saturated carbocycles. The lowest BCUT2D eigenvalue weighted by molar-refractivity contribution is -0.140. The molecule has 128 valence electrons. The third-order valence-corrected chi connectivity index (χ3v) is 4.89. The standard InChI is InChI=1S/C17H27N3O3/c1-12-15(13(2)19(3)18-12)8-9-16(21)20-11-5-4-6-14(20)7-10-17(22)23/h14H,4-11H2,1-3H3,(H,22,23)/t14-/m1/s1. The third kappa shape index (κ3) is 4.33. The van der Waals surface area contributed by atoms with E-state index in [9.17, 15) is 9.59 Å². The van der Waals surface area contributed by atoms with Gasteiger partial charge in [0.1, 0.15) is 0 Å². The third-order valence-electron chi connectivity index (χ3n) is 4.89. The summed E-state index contributed by atoms with van der Waals surface area (Å²) in [5.74, 6) is -0.646. The van der Waals surface area contributed by atoms with Crippen LogP contribution in [0.3, 0.4) is 0 Å². The van der Waals surface area contributed by atoms with E-state index in [1.165, 1.54) is 0 Å². The van der Waals surface area contributed by atoms with Gasteiger partial charge in [-0.1, -0.05) is 0 Å². The predicted octanol–water partition coefficient (Wildman–Crippen LogP) is 2.22. The predicted molar refractivity (Wildman–Crippen MR) is 87.2 cm³/mol. The fourth-order valence-electron chi connectivity index (χ4n) is 3.47. The molecule has 2 rings (SSSR count). The molecule has 1 atom stereocenters. The quantitative estimate of drug-likeness (QED) is 0.871. The lowest BCUT2D eigenvalue weighted by atomic mass is 9.97. The van der Waals surface area contributed by atoms with Crippen molar-refractivity contribution in [3.63, 3.8) is 0 Å². The summed E-state index contributed by atoms with van der Waals surface area (Å²) in [5, 5.41) is 13.3. The Morgan fingerprint density at radius 1 is 1.26 bits per heavy atom. The van der Waals surface area contributed by atoms with Crippen LogP contribution in [-0.4, -0.2) is 44.3 Å². The number of carboxylic acids is 1. The van der Waals surface area contributed by atoms with E-state index in [1.54, 1.807) is 0 Å². The Morgan fingerprint density at radius 2 is 2.00 bits per heavy atom. The van der Waals surface area contributed by atoms with E-state index in [-0.39, 0.29) is 18.4 Å². The van der Waals surface area contributed by atoms with Crippen LogP contribution in [-0.2, 0) is 23.1 Å². The number of likely N-dealkylation sites (tertiary alicyclic amines) is 1. The van der Waals surface area contributed by atoms with Crippen molar-refractivity contribution in [3.05, 3.63) is 17.0 Å². The second-order valence-corrected chi connectivity index (χ2v) is 6.44. The fraction of sp³-hybridized carbons (Fsp3) is 0.706. The Bertz CT molecular complexity index is 580. The largest absolute Gasteiger partial charge is 0.481 e. The second-order valence-electron chi connectivity index (χ2n) is 6.44. The molecule has 6 nitrogen and oxygen atoms in total. The van der Waals surface area contributed by atoms with Crippen molar-refractivity contribution in [2.75, 3.05) is 6.54 Å². The maximum atomic E-state index is 12.6. The molecule has 1 aliphatic heterocycles. The first kappa shape index (κ1) is 17.5. The molecule has 23 heavy (non-hydrogen) atoms. The molecule has 2 heterocycles. The molecule has 1 aromatic rings. The number of hydrogen-bond donors (Lipinski definition) is 1. The first-order chi connectivity index (χ1) is 10.9. The van der Waals surface area contributed by atoms with Crippen LogP contribution in [0.15, 0.2) is 0 Å². The molecule has 1 N–H and O–H groups in total. The van der Waals surface area contributed by atoms with E-state index in [0.717, 1.165) is 42.8 Å². The van der Waals surface area contributed by atoms with E-state index in [2.05, 4.69) is 5.10 Å². The summed E-state index contributed by atoms with van der Waals surface area (Å²) in [6, 6.07) is 0.0865. The van der Waals surface area contributed by atoms with Crippen molar-refractivity contribution in [2.24, 2.45) is 7.05 Å². The van der Waals surface area contributed by atoms with Gasteiger partial charge in [-0.05, 0) is 51.5 Å². The molecule has 0 unspecified atom stereocenters. The van der Waals surface area contributed by atoms with Gasteiger partial charge in [0.2, 0.25) is 5.91 Å². The molecule has 1 amide bonds. The zero-order valence-corrected chi connectivity index (χ0v) is 14.3. The lowest BCUT2D eigenvalue weighted by Crippen LogP contribution is -2.44. The van der Waals surface area contributed by atoms with Crippen LogP contribution in [0.5, 0.6) is 0 Å². The average Bonchev–Trinajstić information content (AvgIpc) is 2.76. The maximum Gasteiger partial charge on any atom is 0.303 e. The first-order valence-electron chi connectivity index (χ1n) is 8.40. The molecule has 1 saturated heterocycles. The van der Waals surface area contributed by atoms with Crippen LogP contribution in [0.25, 0.3) is 0 Å². The van der Waals surface area contributed by atoms with Gasteiger partial charge in [0.25, 0.3) is 0 Å². The Morgan fingerprint density at radius 3 is 2.61 bits per heavy atom. The van der Waals surface area contributed by atoms with Gasteiger partial charge in [0, 0.05) is 38.2 Å². The molecule has 1 aromatic heterocycles. The van der Waals surface area contributed by atoms with Gasteiger partial charge in [0.15, 0.2) is 0 Å². The van der Waals surface area contributed by atoms with Crippen molar-refractivity contribution in [1.82, 2.24) is 14.7 Å². The molecule has 0 aromatic carbocycles. The highest BCUT2D eigenvalue weighted by atomic mass is 16.4. The monoisotopic (exact) mass is 321 g/mol. The van der Waals surface area contributed by atoms with Gasteiger partial charge in [-0.3, -0.25) is 14.3 Å². The van der Waals surface area contributed by atoms with Crippen molar-refractivity contribution in [3.8, 4) is 0 Å². The summed E-state index contributed by atoms with van der Waals surface area (Å²) in [4.78, 5) is 25.3. The van der Waals surface area contributed by atoms with Crippen LogP contribution in [0.1, 0.15) is 55.5 Å². The molecule has 0 bridgehead atoms. The van der Waals surface area contributed by atoms with Crippen molar-refractivity contribution in [2.45, 2.75) is 64.8 Å². The van der Waals surface area contributed by atoms with Crippen LogP contribution in [0.4, 0.5) is 0 Å². The molecule has 0 aliphatic carbocycles. The minimum atomic E-state index is -0.787. The SMILES string of the molecule is Cc1nn(C)c(C)c1CCC(=O)N1CCCC[C@@H]1CCC(=O)O. The van der Waals surface area contributed by atoms with Crippen LogP contribution < -0.4 is 0 Å². The number of rotatable bonds is 6. The highest BCUT2D eigenvalue weighted by molar-refractivity contribution is 5.77. The summed E-state index contributed by atoms with van der Waals surface area (Å²) >= 11 is 0. The fourth-order valence-corrected chi connectivity index (χ4v) is 3.47. The van der Waals surface area contributed by atoms with Gasteiger partial charge in [-0.25, -0.2) is 0 Å². The number of aryl methyl sites for hydroxylation is 2. The molecular weight excluding hydrogens is 294 g/mol. The maximum absolute atomic E-state index is 12.6. The number of aromatic nitrogens is 2. The van der Waals surface area contributed by atoms with Gasteiger partial charge in [-0.2, -0.15) is 5.10 Å². The lowest BCUT2D eigenvalue weighted by Gasteiger charge is -2.35. The second kappa shape index (κ2) is 7.62. The highest BCUT2D eigenvalue weighted by Crippen LogP contribution is 2.23. The number of hydrogen-bond acceptors (Lipinski definition) is 3. The Hall–Kier alpha value is -1.85. The normalized spacial score (nSPS) is 18.2. The molecule has 6 heteroatoms. The van der Waals surface area contributed by atoms with Gasteiger partial charge in [0.05, 0.1) is 5.69 Å². The number of nitrogens with zero attached hydrogens (tertiary/aromatic N) is 3. The number of carboxylic acid groups (broad SMARTS) is 1. The van der Waals surface area contributed by atoms with E-state index in [4.69, 9.17) is 5.11 Å². The molecule has 0 radical (unpaired) electrons. The molecular formula is C17H27N3O3. The first-order valence-corrected chi connectivity index (χ1v) is 8.40. The number of amides is 1. The topological polar surface area (TPSA) is 75.4 Å². The summed E-state index contributed by atoms with van der Waals surface area (Å²) in [5.41, 5.74) is 3.25. The van der Waals surface area contributed by atoms with Gasteiger partial charge < -0.3 is 10.0 Å². The molecule has 0 spiro atoms. The van der Waals surface area contributed by atoms with Crippen LogP contribution in [0, 0.1) is 13.8 Å². The van der Waals surface area contributed by atoms with Crippen molar-refractivity contribution < 1.29 is 14.7 Å². The Labute approximate surface area is 137 Å². The highest BCUT2D eigenvalue weighted by Gasteiger charge is 2.27. The summed E-state index contributed by atoms with van der Waals surface area (Å²) in [7, 11) is 1.92. The Kier molecular flexibility index (Phi) is 5.80. The van der Waals surface area contributed by atoms with E-state index in [0.29, 0.717) is 19.3 Å². The number of carbonyl (C=O) groups excluding carboxylic acids is 1. The summed E-state index contributed by atoms with van der Waals surface area (Å²) < 4.78 is 1.85. The minimum Gasteiger partial charge on any atom is -0.481 e. The number of piperidine rings is 1. The Balaban J connectivity index is 1.96. The van der Waals surface area contributed by atoms with Crippen LogP contribution in [0.2, 0.25) is 0 Å². The van der Waals surface area contributed by atoms with Crippen LogP contribution >= 0.6 is 0 Å². The average molecular weight is 321 g/mol. The summed E-state index contributed by atoms with van der Waals surface area (Å²) in [6.45, 7) is 4.76. The number of aliphatic carboxylic acids is 1. The van der Waals surface area contributed by atoms with E-state index in [1.807, 2.05) is 30.5 Å². The van der Waals surface area contributed by atoms with Gasteiger partial charge in [-0.15, -0.1) is 0 Å². The zero-order chi connectivity index (χ0) is 17.0. The van der Waals surface area contributed by atoms with E-state index >= 15 is 0 Å². The minimum absolute atomic E-state index is 0.0865. The molecule has 1 aliphatic rings. The smallest absolute Gasteiger partial charge is 0.303 e. The van der Waals surface area contributed by atoms with Crippen molar-refractivity contribution in [1.29, 1.82) is 0 Å². The van der Waals surface area contributed by atoms with Crippen molar-refractivity contribution >= 4 is 11.9 Å². The van der Waals surface area contributed by atoms with E-state index < -0.39 is 5.97 Å². The zero-order valence-electron chi connectivity index (χ0n) is 14.3. The molecule has 1 fully saturated rings.